The van der Waals surface area contributed by atoms with Crippen molar-refractivity contribution in [3.63, 3.8) is 0 Å². The van der Waals surface area contributed by atoms with E-state index in [-0.39, 0.29) is 11.3 Å². The minimum atomic E-state index is 0.0178. The highest BCUT2D eigenvalue weighted by atomic mass is 16.2. The molecular weight excluding hydrogens is 288 g/mol. The molecule has 0 aromatic carbocycles. The fourth-order valence-electron chi connectivity index (χ4n) is 4.01. The highest BCUT2D eigenvalue weighted by Crippen LogP contribution is 2.43. The SMILES string of the molecule is Cc1ncc2c(n1)C1(CCCN(C(=O)c3ccncc3)C1)CC2. The van der Waals surface area contributed by atoms with Crippen LogP contribution in [0, 0.1) is 6.92 Å². The molecule has 0 saturated carbocycles. The second-order valence-corrected chi connectivity index (χ2v) is 6.64. The molecule has 1 aliphatic heterocycles. The van der Waals surface area contributed by atoms with Gasteiger partial charge < -0.3 is 4.90 Å². The van der Waals surface area contributed by atoms with Crippen molar-refractivity contribution < 1.29 is 4.79 Å². The van der Waals surface area contributed by atoms with Gasteiger partial charge in [-0.2, -0.15) is 0 Å². The third-order valence-corrected chi connectivity index (χ3v) is 5.15. The van der Waals surface area contributed by atoms with Gasteiger partial charge in [0.15, 0.2) is 0 Å². The summed E-state index contributed by atoms with van der Waals surface area (Å²) in [5.41, 5.74) is 3.17. The Labute approximate surface area is 135 Å². The lowest BCUT2D eigenvalue weighted by atomic mass is 9.77. The molecule has 1 aliphatic carbocycles. The van der Waals surface area contributed by atoms with E-state index in [2.05, 4.69) is 9.97 Å². The van der Waals surface area contributed by atoms with Gasteiger partial charge >= 0.3 is 0 Å². The molecule has 2 aromatic heterocycles. The molecule has 118 valence electrons. The van der Waals surface area contributed by atoms with Crippen LogP contribution in [-0.4, -0.2) is 38.8 Å². The van der Waals surface area contributed by atoms with Crippen LogP contribution in [0.3, 0.4) is 0 Å². The van der Waals surface area contributed by atoms with Crippen LogP contribution in [0.25, 0.3) is 0 Å². The van der Waals surface area contributed by atoms with Crippen LogP contribution in [0.1, 0.15) is 46.7 Å². The number of aromatic nitrogens is 3. The maximum absolute atomic E-state index is 12.8. The largest absolute Gasteiger partial charge is 0.338 e. The predicted octanol–water partition coefficient (Wildman–Crippen LogP) is 2.30. The molecule has 5 heteroatoms. The number of carbonyl (C=O) groups is 1. The van der Waals surface area contributed by atoms with Crippen molar-refractivity contribution in [3.8, 4) is 0 Å². The van der Waals surface area contributed by atoms with E-state index in [0.717, 1.165) is 44.6 Å². The molecule has 23 heavy (non-hydrogen) atoms. The van der Waals surface area contributed by atoms with E-state index in [1.165, 1.54) is 11.3 Å². The van der Waals surface area contributed by atoms with Crippen molar-refractivity contribution in [2.24, 2.45) is 0 Å². The molecule has 1 fully saturated rings. The number of likely N-dealkylation sites (tertiary alicyclic amines) is 1. The quantitative estimate of drug-likeness (QED) is 0.811. The van der Waals surface area contributed by atoms with Crippen molar-refractivity contribution in [1.29, 1.82) is 0 Å². The number of carbonyl (C=O) groups excluding carboxylic acids is 1. The summed E-state index contributed by atoms with van der Waals surface area (Å²) in [5.74, 6) is 0.924. The number of aryl methyl sites for hydroxylation is 2. The first kappa shape index (κ1) is 14.3. The Kier molecular flexibility index (Phi) is 3.36. The van der Waals surface area contributed by atoms with Gasteiger partial charge in [-0.25, -0.2) is 9.97 Å². The zero-order valence-electron chi connectivity index (χ0n) is 13.3. The third kappa shape index (κ3) is 2.40. The summed E-state index contributed by atoms with van der Waals surface area (Å²) < 4.78 is 0. The number of hydrogen-bond acceptors (Lipinski definition) is 4. The van der Waals surface area contributed by atoms with Gasteiger partial charge in [-0.3, -0.25) is 9.78 Å². The fourth-order valence-corrected chi connectivity index (χ4v) is 4.01. The summed E-state index contributed by atoms with van der Waals surface area (Å²) in [6.45, 7) is 3.52. The van der Waals surface area contributed by atoms with Crippen LogP contribution in [0.4, 0.5) is 0 Å². The van der Waals surface area contributed by atoms with Gasteiger partial charge in [0.05, 0.1) is 5.69 Å². The Balaban J connectivity index is 1.64. The maximum Gasteiger partial charge on any atom is 0.253 e. The van der Waals surface area contributed by atoms with Crippen molar-refractivity contribution in [2.75, 3.05) is 13.1 Å². The Morgan fingerprint density at radius 3 is 2.91 bits per heavy atom. The first-order valence-electron chi connectivity index (χ1n) is 8.20. The van der Waals surface area contributed by atoms with E-state index in [1.807, 2.05) is 18.0 Å². The lowest BCUT2D eigenvalue weighted by Crippen LogP contribution is -2.48. The van der Waals surface area contributed by atoms with E-state index < -0.39 is 0 Å². The van der Waals surface area contributed by atoms with E-state index in [4.69, 9.17) is 4.98 Å². The van der Waals surface area contributed by atoms with Gasteiger partial charge in [-0.15, -0.1) is 0 Å². The Morgan fingerprint density at radius 1 is 1.26 bits per heavy atom. The molecule has 0 N–H and O–H groups in total. The molecule has 2 aromatic rings. The van der Waals surface area contributed by atoms with Crippen molar-refractivity contribution in [2.45, 2.75) is 38.0 Å². The summed E-state index contributed by atoms with van der Waals surface area (Å²) >= 11 is 0. The van der Waals surface area contributed by atoms with Crippen molar-refractivity contribution >= 4 is 5.91 Å². The number of piperidine rings is 1. The second-order valence-electron chi connectivity index (χ2n) is 6.64. The van der Waals surface area contributed by atoms with Crippen LogP contribution < -0.4 is 0 Å². The van der Waals surface area contributed by atoms with E-state index in [9.17, 15) is 4.79 Å². The van der Waals surface area contributed by atoms with Gasteiger partial charge in [0.2, 0.25) is 0 Å². The Morgan fingerprint density at radius 2 is 2.09 bits per heavy atom. The highest BCUT2D eigenvalue weighted by molar-refractivity contribution is 5.94. The summed E-state index contributed by atoms with van der Waals surface area (Å²) in [7, 11) is 0. The standard InChI is InChI=1S/C18H20N4O/c1-13-20-11-15-3-7-18(16(15)21-13)6-2-10-22(12-18)17(23)14-4-8-19-9-5-14/h4-5,8-9,11H,2-3,6-7,10,12H2,1H3. The van der Waals surface area contributed by atoms with Gasteiger partial charge in [0, 0.05) is 42.7 Å². The maximum atomic E-state index is 12.8. The molecule has 1 saturated heterocycles. The molecular formula is C18H20N4O. The fraction of sp³-hybridized carbons (Fsp3) is 0.444. The second kappa shape index (κ2) is 5.41. The third-order valence-electron chi connectivity index (χ3n) is 5.15. The molecule has 1 spiro atoms. The molecule has 5 nitrogen and oxygen atoms in total. The molecule has 0 bridgehead atoms. The van der Waals surface area contributed by atoms with E-state index >= 15 is 0 Å². The van der Waals surface area contributed by atoms with Crippen molar-refractivity contribution in [3.05, 3.63) is 53.4 Å². The molecule has 3 heterocycles. The first-order chi connectivity index (χ1) is 11.2. The molecule has 2 aliphatic rings. The Bertz CT molecular complexity index is 742. The van der Waals surface area contributed by atoms with Gasteiger partial charge in [-0.05, 0) is 50.3 Å². The van der Waals surface area contributed by atoms with Gasteiger partial charge in [0.25, 0.3) is 5.91 Å². The molecule has 1 amide bonds. The zero-order valence-corrected chi connectivity index (χ0v) is 13.3. The minimum absolute atomic E-state index is 0.0178. The van der Waals surface area contributed by atoms with Crippen LogP contribution >= 0.6 is 0 Å². The van der Waals surface area contributed by atoms with Crippen LogP contribution in [-0.2, 0) is 11.8 Å². The summed E-state index contributed by atoms with van der Waals surface area (Å²) in [4.78, 5) is 27.8. The number of pyridine rings is 1. The molecule has 4 rings (SSSR count). The average Bonchev–Trinajstić information content (AvgIpc) is 2.93. The van der Waals surface area contributed by atoms with Crippen LogP contribution in [0.5, 0.6) is 0 Å². The van der Waals surface area contributed by atoms with E-state index in [1.54, 1.807) is 24.5 Å². The molecule has 1 atom stereocenters. The summed E-state index contributed by atoms with van der Waals surface area (Å²) in [6.07, 6.45) is 9.54. The number of hydrogen-bond donors (Lipinski definition) is 0. The monoisotopic (exact) mass is 308 g/mol. The predicted molar refractivity (Wildman–Crippen MR) is 86.1 cm³/mol. The number of nitrogens with zero attached hydrogens (tertiary/aromatic N) is 4. The Hall–Kier alpha value is -2.30. The lowest BCUT2D eigenvalue weighted by molar-refractivity contribution is 0.0633. The summed E-state index contributed by atoms with van der Waals surface area (Å²) in [6, 6.07) is 3.58. The van der Waals surface area contributed by atoms with Gasteiger partial charge in [-0.1, -0.05) is 0 Å². The highest BCUT2D eigenvalue weighted by Gasteiger charge is 2.44. The lowest BCUT2D eigenvalue weighted by Gasteiger charge is -2.40. The van der Waals surface area contributed by atoms with Crippen LogP contribution in [0.2, 0.25) is 0 Å². The smallest absolute Gasteiger partial charge is 0.253 e. The average molecular weight is 308 g/mol. The topological polar surface area (TPSA) is 59.0 Å². The number of fused-ring (bicyclic) bond motifs is 2. The number of rotatable bonds is 1. The zero-order chi connectivity index (χ0) is 15.9. The van der Waals surface area contributed by atoms with Crippen molar-refractivity contribution in [1.82, 2.24) is 19.9 Å². The van der Waals surface area contributed by atoms with Crippen LogP contribution in [0.15, 0.2) is 30.7 Å². The molecule has 0 radical (unpaired) electrons. The first-order valence-corrected chi connectivity index (χ1v) is 8.20. The summed E-state index contributed by atoms with van der Waals surface area (Å²) in [5, 5.41) is 0. The number of amides is 1. The minimum Gasteiger partial charge on any atom is -0.338 e. The van der Waals surface area contributed by atoms with Gasteiger partial charge in [0.1, 0.15) is 5.82 Å². The normalized spacial score (nSPS) is 23.1. The molecule has 1 unspecified atom stereocenters. The van der Waals surface area contributed by atoms with E-state index in [0.29, 0.717) is 5.56 Å².